The highest BCUT2D eigenvalue weighted by molar-refractivity contribution is 9.10. The molecule has 0 aliphatic carbocycles. The first-order valence-corrected chi connectivity index (χ1v) is 7.63. The van der Waals surface area contributed by atoms with Crippen LogP contribution in [0.5, 0.6) is 11.5 Å². The van der Waals surface area contributed by atoms with E-state index in [0.717, 1.165) is 22.0 Å². The number of hydrogen-bond donors (Lipinski definition) is 1. The molecule has 0 saturated heterocycles. The van der Waals surface area contributed by atoms with Crippen LogP contribution in [-0.4, -0.2) is 14.2 Å². The summed E-state index contributed by atoms with van der Waals surface area (Å²) in [6.07, 6.45) is 0.721. The molecule has 0 fully saturated rings. The Labute approximate surface area is 138 Å². The summed E-state index contributed by atoms with van der Waals surface area (Å²) in [6.45, 7) is 0. The highest BCUT2D eigenvalue weighted by Gasteiger charge is 2.15. The number of benzene rings is 2. The summed E-state index contributed by atoms with van der Waals surface area (Å²) in [7, 11) is 3.14. The monoisotopic (exact) mass is 369 g/mol. The summed E-state index contributed by atoms with van der Waals surface area (Å²) in [4.78, 5) is 0. The molecule has 2 N–H and O–H groups in total. The highest BCUT2D eigenvalue weighted by atomic mass is 79.9. The van der Waals surface area contributed by atoms with Crippen molar-refractivity contribution < 1.29 is 9.47 Å². The molecule has 0 bridgehead atoms. The SMILES string of the molecule is COc1cc(C(N)Cc2ccc(Br)cc2)cc(Cl)c1OC. The molecule has 0 heterocycles. The molecule has 3 nitrogen and oxygen atoms in total. The second-order valence-electron chi connectivity index (χ2n) is 4.68. The summed E-state index contributed by atoms with van der Waals surface area (Å²) < 4.78 is 11.6. The van der Waals surface area contributed by atoms with E-state index >= 15 is 0 Å². The Bertz CT molecular complexity index is 616. The quantitative estimate of drug-likeness (QED) is 0.850. The van der Waals surface area contributed by atoms with Crippen LogP contribution in [0.25, 0.3) is 0 Å². The van der Waals surface area contributed by atoms with Crippen LogP contribution in [0.15, 0.2) is 40.9 Å². The molecule has 5 heteroatoms. The molecule has 1 unspecified atom stereocenters. The molecule has 0 saturated carbocycles. The van der Waals surface area contributed by atoms with Crippen LogP contribution < -0.4 is 15.2 Å². The Morgan fingerprint density at radius 2 is 1.81 bits per heavy atom. The number of nitrogens with two attached hydrogens (primary N) is 1. The lowest BCUT2D eigenvalue weighted by molar-refractivity contribution is 0.354. The van der Waals surface area contributed by atoms with E-state index in [1.807, 2.05) is 36.4 Å². The van der Waals surface area contributed by atoms with E-state index < -0.39 is 0 Å². The van der Waals surface area contributed by atoms with Gasteiger partial charge >= 0.3 is 0 Å². The van der Waals surface area contributed by atoms with E-state index in [0.29, 0.717) is 16.5 Å². The molecule has 0 aliphatic rings. The number of ether oxygens (including phenoxy) is 2. The van der Waals surface area contributed by atoms with E-state index in [1.54, 1.807) is 14.2 Å². The van der Waals surface area contributed by atoms with Gasteiger partial charge in [0.2, 0.25) is 0 Å². The van der Waals surface area contributed by atoms with Gasteiger partial charge in [0.05, 0.1) is 19.2 Å². The van der Waals surface area contributed by atoms with Crippen molar-refractivity contribution in [2.45, 2.75) is 12.5 Å². The van der Waals surface area contributed by atoms with Crippen molar-refractivity contribution in [1.29, 1.82) is 0 Å². The minimum absolute atomic E-state index is 0.163. The van der Waals surface area contributed by atoms with Crippen molar-refractivity contribution in [3.8, 4) is 11.5 Å². The van der Waals surface area contributed by atoms with Gasteiger partial charge in [0, 0.05) is 10.5 Å². The molecule has 0 radical (unpaired) electrons. The predicted octanol–water partition coefficient (Wildman–Crippen LogP) is 4.36. The van der Waals surface area contributed by atoms with Crippen molar-refractivity contribution in [2.75, 3.05) is 14.2 Å². The van der Waals surface area contributed by atoms with Crippen LogP contribution in [0.2, 0.25) is 5.02 Å². The minimum atomic E-state index is -0.163. The second kappa shape index (κ2) is 7.16. The van der Waals surface area contributed by atoms with Gasteiger partial charge in [-0.3, -0.25) is 0 Å². The van der Waals surface area contributed by atoms with Gasteiger partial charge in [-0.2, -0.15) is 0 Å². The smallest absolute Gasteiger partial charge is 0.179 e. The molecule has 0 aliphatic heterocycles. The van der Waals surface area contributed by atoms with E-state index in [1.165, 1.54) is 0 Å². The number of halogens is 2. The molecule has 21 heavy (non-hydrogen) atoms. The zero-order valence-corrected chi connectivity index (χ0v) is 14.2. The van der Waals surface area contributed by atoms with Gasteiger partial charge in [0.1, 0.15) is 0 Å². The third-order valence-electron chi connectivity index (χ3n) is 3.25. The van der Waals surface area contributed by atoms with E-state index in [9.17, 15) is 0 Å². The first-order chi connectivity index (χ1) is 10.0. The molecule has 0 spiro atoms. The summed E-state index contributed by atoms with van der Waals surface area (Å²) in [5.74, 6) is 1.12. The van der Waals surface area contributed by atoms with Crippen molar-refractivity contribution in [3.63, 3.8) is 0 Å². The van der Waals surface area contributed by atoms with Crippen LogP contribution in [0.3, 0.4) is 0 Å². The first kappa shape index (κ1) is 16.1. The van der Waals surface area contributed by atoms with Gasteiger partial charge in [-0.1, -0.05) is 39.7 Å². The Hall–Kier alpha value is -1.23. The zero-order valence-electron chi connectivity index (χ0n) is 11.9. The van der Waals surface area contributed by atoms with Gasteiger partial charge in [-0.05, 0) is 41.8 Å². The highest BCUT2D eigenvalue weighted by Crippen LogP contribution is 2.37. The third kappa shape index (κ3) is 3.90. The fourth-order valence-electron chi connectivity index (χ4n) is 2.14. The summed E-state index contributed by atoms with van der Waals surface area (Å²) in [5.41, 5.74) is 8.36. The summed E-state index contributed by atoms with van der Waals surface area (Å²) in [6, 6.07) is 11.6. The predicted molar refractivity (Wildman–Crippen MR) is 89.3 cm³/mol. The van der Waals surface area contributed by atoms with Gasteiger partial charge in [-0.15, -0.1) is 0 Å². The molecular weight excluding hydrogens is 354 g/mol. The molecule has 2 rings (SSSR count). The van der Waals surface area contributed by atoms with Gasteiger partial charge in [0.15, 0.2) is 11.5 Å². The van der Waals surface area contributed by atoms with Crippen molar-refractivity contribution in [2.24, 2.45) is 5.73 Å². The number of rotatable bonds is 5. The van der Waals surface area contributed by atoms with Gasteiger partial charge < -0.3 is 15.2 Å². The molecular formula is C16H17BrClNO2. The maximum absolute atomic E-state index is 6.28. The fourth-order valence-corrected chi connectivity index (χ4v) is 2.70. The Morgan fingerprint density at radius 1 is 1.14 bits per heavy atom. The minimum Gasteiger partial charge on any atom is -0.493 e. The third-order valence-corrected chi connectivity index (χ3v) is 4.06. The topological polar surface area (TPSA) is 44.5 Å². The first-order valence-electron chi connectivity index (χ1n) is 6.46. The van der Waals surface area contributed by atoms with Gasteiger partial charge in [0.25, 0.3) is 0 Å². The fraction of sp³-hybridized carbons (Fsp3) is 0.250. The lowest BCUT2D eigenvalue weighted by Gasteiger charge is -2.16. The Morgan fingerprint density at radius 3 is 2.38 bits per heavy atom. The van der Waals surface area contributed by atoms with Crippen LogP contribution in [0, 0.1) is 0 Å². The van der Waals surface area contributed by atoms with E-state index in [4.69, 9.17) is 26.8 Å². The van der Waals surface area contributed by atoms with Crippen molar-refractivity contribution in [3.05, 3.63) is 57.0 Å². The molecule has 2 aromatic carbocycles. The Kier molecular flexibility index (Phi) is 5.51. The number of methoxy groups -OCH3 is 2. The molecule has 0 amide bonds. The van der Waals surface area contributed by atoms with Crippen molar-refractivity contribution in [1.82, 2.24) is 0 Å². The molecule has 0 aromatic heterocycles. The average Bonchev–Trinajstić information content (AvgIpc) is 2.48. The lowest BCUT2D eigenvalue weighted by atomic mass is 9.99. The van der Waals surface area contributed by atoms with Crippen LogP contribution in [0.4, 0.5) is 0 Å². The van der Waals surface area contributed by atoms with E-state index in [2.05, 4.69) is 15.9 Å². The lowest BCUT2D eigenvalue weighted by Crippen LogP contribution is -2.13. The summed E-state index contributed by atoms with van der Waals surface area (Å²) in [5, 5.41) is 0.498. The zero-order chi connectivity index (χ0) is 15.4. The standard InChI is InChI=1S/C16H17BrClNO2/c1-20-15-9-11(8-13(18)16(15)21-2)14(19)7-10-3-5-12(17)6-4-10/h3-6,8-9,14H,7,19H2,1-2H3. The molecule has 112 valence electrons. The maximum Gasteiger partial charge on any atom is 0.179 e. The molecule has 1 atom stereocenters. The normalized spacial score (nSPS) is 12.0. The van der Waals surface area contributed by atoms with Crippen molar-refractivity contribution >= 4 is 27.5 Å². The van der Waals surface area contributed by atoms with Crippen LogP contribution in [0.1, 0.15) is 17.2 Å². The second-order valence-corrected chi connectivity index (χ2v) is 6.00. The summed E-state index contributed by atoms with van der Waals surface area (Å²) >= 11 is 9.64. The average molecular weight is 371 g/mol. The van der Waals surface area contributed by atoms with Crippen LogP contribution >= 0.6 is 27.5 Å². The number of hydrogen-bond acceptors (Lipinski definition) is 3. The Balaban J connectivity index is 2.24. The van der Waals surface area contributed by atoms with Crippen LogP contribution in [-0.2, 0) is 6.42 Å². The molecule has 2 aromatic rings. The van der Waals surface area contributed by atoms with E-state index in [-0.39, 0.29) is 6.04 Å². The largest absolute Gasteiger partial charge is 0.493 e. The van der Waals surface area contributed by atoms with Gasteiger partial charge in [-0.25, -0.2) is 0 Å². The maximum atomic E-state index is 6.28.